The molecule has 3 atom stereocenters. The van der Waals surface area contributed by atoms with E-state index in [0.29, 0.717) is 13.0 Å². The molecule has 0 aromatic heterocycles. The van der Waals surface area contributed by atoms with Crippen molar-refractivity contribution in [2.24, 2.45) is 11.8 Å². The highest BCUT2D eigenvalue weighted by Gasteiger charge is 2.51. The zero-order valence-corrected chi connectivity index (χ0v) is 9.82. The largest absolute Gasteiger partial charge is 0.469 e. The van der Waals surface area contributed by atoms with Crippen LogP contribution in [0.15, 0.2) is 0 Å². The van der Waals surface area contributed by atoms with Gasteiger partial charge in [-0.3, -0.25) is 4.79 Å². The Bertz CT molecular complexity index is 239. The van der Waals surface area contributed by atoms with Crippen LogP contribution < -0.4 is 0 Å². The summed E-state index contributed by atoms with van der Waals surface area (Å²) in [6, 6.07) is 0. The van der Waals surface area contributed by atoms with Gasteiger partial charge < -0.3 is 14.6 Å². The number of ether oxygens (including phenoxy) is 2. The summed E-state index contributed by atoms with van der Waals surface area (Å²) in [7, 11) is 1.35. The van der Waals surface area contributed by atoms with Crippen LogP contribution in [-0.2, 0) is 14.3 Å². The minimum Gasteiger partial charge on any atom is -0.469 e. The molecule has 0 saturated carbocycles. The highest BCUT2D eigenvalue weighted by atomic mass is 16.5. The average molecular weight is 216 g/mol. The topological polar surface area (TPSA) is 55.8 Å². The summed E-state index contributed by atoms with van der Waals surface area (Å²) in [5.41, 5.74) is -1.08. The van der Waals surface area contributed by atoms with Gasteiger partial charge in [0.2, 0.25) is 0 Å². The van der Waals surface area contributed by atoms with Crippen molar-refractivity contribution in [1.29, 1.82) is 0 Å². The molecule has 1 saturated heterocycles. The fourth-order valence-electron chi connectivity index (χ4n) is 2.34. The summed E-state index contributed by atoms with van der Waals surface area (Å²) in [4.78, 5) is 11.7. The molecule has 1 N–H and O–H groups in total. The molecule has 1 rings (SSSR count). The Hall–Kier alpha value is -0.610. The summed E-state index contributed by atoms with van der Waals surface area (Å²) >= 11 is 0. The lowest BCUT2D eigenvalue weighted by molar-refractivity contribution is -0.164. The van der Waals surface area contributed by atoms with Crippen molar-refractivity contribution >= 4 is 5.97 Å². The molecule has 3 unspecified atom stereocenters. The SMILES string of the molecule is COC(=O)C(C(C)C)C1(O)CCOC1C. The number of hydrogen-bond donors (Lipinski definition) is 1. The highest BCUT2D eigenvalue weighted by molar-refractivity contribution is 5.74. The number of carbonyl (C=O) groups is 1. The molecule has 0 radical (unpaired) electrons. The minimum atomic E-state index is -1.08. The van der Waals surface area contributed by atoms with Crippen LogP contribution in [0.4, 0.5) is 0 Å². The van der Waals surface area contributed by atoms with E-state index in [2.05, 4.69) is 0 Å². The number of esters is 1. The Morgan fingerprint density at radius 2 is 2.20 bits per heavy atom. The van der Waals surface area contributed by atoms with E-state index in [0.717, 1.165) is 0 Å². The monoisotopic (exact) mass is 216 g/mol. The molecule has 1 aliphatic rings. The van der Waals surface area contributed by atoms with Gasteiger partial charge in [-0.1, -0.05) is 13.8 Å². The number of carbonyl (C=O) groups excluding carboxylic acids is 1. The van der Waals surface area contributed by atoms with Crippen molar-refractivity contribution in [1.82, 2.24) is 0 Å². The lowest BCUT2D eigenvalue weighted by Crippen LogP contribution is -2.50. The lowest BCUT2D eigenvalue weighted by Gasteiger charge is -2.35. The number of rotatable bonds is 3. The van der Waals surface area contributed by atoms with Gasteiger partial charge in [-0.15, -0.1) is 0 Å². The van der Waals surface area contributed by atoms with Crippen molar-refractivity contribution < 1.29 is 19.4 Å². The third kappa shape index (κ3) is 2.16. The molecule has 0 spiro atoms. The quantitative estimate of drug-likeness (QED) is 0.714. The molecule has 1 aliphatic heterocycles. The first-order valence-corrected chi connectivity index (χ1v) is 5.35. The second-order valence-corrected chi connectivity index (χ2v) is 4.50. The van der Waals surface area contributed by atoms with Crippen molar-refractivity contribution in [3.05, 3.63) is 0 Å². The molecule has 0 aromatic rings. The van der Waals surface area contributed by atoms with Gasteiger partial charge in [-0.25, -0.2) is 0 Å². The lowest BCUT2D eigenvalue weighted by atomic mass is 9.76. The molecule has 0 bridgehead atoms. The second kappa shape index (κ2) is 4.49. The van der Waals surface area contributed by atoms with Crippen LogP contribution in [0.25, 0.3) is 0 Å². The number of aliphatic hydroxyl groups is 1. The van der Waals surface area contributed by atoms with Gasteiger partial charge >= 0.3 is 5.97 Å². The van der Waals surface area contributed by atoms with Crippen LogP contribution in [0.5, 0.6) is 0 Å². The van der Waals surface area contributed by atoms with Crippen molar-refractivity contribution in [2.45, 2.75) is 38.9 Å². The van der Waals surface area contributed by atoms with Gasteiger partial charge in [0.1, 0.15) is 5.60 Å². The van der Waals surface area contributed by atoms with E-state index in [1.165, 1.54) is 7.11 Å². The molecule has 1 fully saturated rings. The molecule has 0 aromatic carbocycles. The van der Waals surface area contributed by atoms with Crippen LogP contribution in [-0.4, -0.2) is 36.5 Å². The molecule has 15 heavy (non-hydrogen) atoms. The Balaban J connectivity index is 2.92. The molecule has 1 heterocycles. The minimum absolute atomic E-state index is 0.0339. The van der Waals surface area contributed by atoms with Gasteiger partial charge in [-0.05, 0) is 12.8 Å². The fraction of sp³-hybridized carbons (Fsp3) is 0.909. The van der Waals surface area contributed by atoms with Crippen LogP contribution in [0.3, 0.4) is 0 Å². The summed E-state index contributed by atoms with van der Waals surface area (Å²) < 4.78 is 10.1. The molecular formula is C11H20O4. The standard InChI is InChI=1S/C11H20O4/c1-7(2)9(10(12)14-4)11(13)5-6-15-8(11)3/h7-9,13H,5-6H2,1-4H3. The van der Waals surface area contributed by atoms with Crippen molar-refractivity contribution in [3.63, 3.8) is 0 Å². The summed E-state index contributed by atoms with van der Waals surface area (Å²) in [6.45, 7) is 6.11. The van der Waals surface area contributed by atoms with Crippen molar-refractivity contribution in [3.8, 4) is 0 Å². The average Bonchev–Trinajstić information content (AvgIpc) is 2.47. The van der Waals surface area contributed by atoms with Crippen LogP contribution in [0, 0.1) is 11.8 Å². The van der Waals surface area contributed by atoms with Gasteiger partial charge in [0.25, 0.3) is 0 Å². The molecular weight excluding hydrogens is 196 g/mol. The molecule has 0 amide bonds. The molecule has 4 heteroatoms. The van der Waals surface area contributed by atoms with E-state index in [1.54, 1.807) is 6.92 Å². The third-order valence-electron chi connectivity index (χ3n) is 3.23. The fourth-order valence-corrected chi connectivity index (χ4v) is 2.34. The third-order valence-corrected chi connectivity index (χ3v) is 3.23. The summed E-state index contributed by atoms with van der Waals surface area (Å²) in [5.74, 6) is -0.837. The zero-order chi connectivity index (χ0) is 11.6. The van der Waals surface area contributed by atoms with E-state index < -0.39 is 11.5 Å². The van der Waals surface area contributed by atoms with Gasteiger partial charge in [0.15, 0.2) is 0 Å². The maximum absolute atomic E-state index is 11.7. The molecule has 4 nitrogen and oxygen atoms in total. The van der Waals surface area contributed by atoms with E-state index in [-0.39, 0.29) is 18.0 Å². The van der Waals surface area contributed by atoms with Crippen molar-refractivity contribution in [2.75, 3.05) is 13.7 Å². The van der Waals surface area contributed by atoms with E-state index in [1.807, 2.05) is 13.8 Å². The number of hydrogen-bond acceptors (Lipinski definition) is 4. The summed E-state index contributed by atoms with van der Waals surface area (Å²) in [6.07, 6.45) is 0.176. The van der Waals surface area contributed by atoms with Gasteiger partial charge in [0, 0.05) is 13.0 Å². The summed E-state index contributed by atoms with van der Waals surface area (Å²) in [5, 5.41) is 10.5. The van der Waals surface area contributed by atoms with E-state index >= 15 is 0 Å². The Morgan fingerprint density at radius 3 is 2.53 bits per heavy atom. The Kier molecular flexibility index (Phi) is 3.73. The van der Waals surface area contributed by atoms with Gasteiger partial charge in [0.05, 0.1) is 19.1 Å². The first kappa shape index (κ1) is 12.5. The van der Waals surface area contributed by atoms with Crippen LogP contribution in [0.1, 0.15) is 27.2 Å². The van der Waals surface area contributed by atoms with E-state index in [9.17, 15) is 9.90 Å². The molecule has 0 aliphatic carbocycles. The zero-order valence-electron chi connectivity index (χ0n) is 9.82. The smallest absolute Gasteiger partial charge is 0.311 e. The van der Waals surface area contributed by atoms with Crippen LogP contribution in [0.2, 0.25) is 0 Å². The maximum Gasteiger partial charge on any atom is 0.311 e. The van der Waals surface area contributed by atoms with E-state index in [4.69, 9.17) is 9.47 Å². The Labute approximate surface area is 90.6 Å². The normalized spacial score (nSPS) is 33.1. The van der Waals surface area contributed by atoms with Gasteiger partial charge in [-0.2, -0.15) is 0 Å². The predicted octanol–water partition coefficient (Wildman–Crippen LogP) is 0.971. The predicted molar refractivity (Wildman–Crippen MR) is 55.3 cm³/mol. The van der Waals surface area contributed by atoms with Crippen LogP contribution >= 0.6 is 0 Å². The molecule has 88 valence electrons. The Morgan fingerprint density at radius 1 is 1.60 bits per heavy atom. The highest BCUT2D eigenvalue weighted by Crippen LogP contribution is 2.37. The number of methoxy groups -OCH3 is 1. The first-order valence-electron chi connectivity index (χ1n) is 5.35. The maximum atomic E-state index is 11.7. The first-order chi connectivity index (χ1) is 6.93. The second-order valence-electron chi connectivity index (χ2n) is 4.50.